The van der Waals surface area contributed by atoms with Gasteiger partial charge in [0.2, 0.25) is 5.88 Å². The Bertz CT molecular complexity index is 809. The first-order valence-electron chi connectivity index (χ1n) is 7.11. The number of halogens is 1. The Morgan fingerprint density at radius 2 is 1.78 bits per heavy atom. The second-order valence-electron chi connectivity index (χ2n) is 5.55. The zero-order valence-electron chi connectivity index (χ0n) is 13.1. The molecule has 1 aromatic carbocycles. The van der Waals surface area contributed by atoms with E-state index in [-0.39, 0.29) is 0 Å². The van der Waals surface area contributed by atoms with Crippen LogP contribution in [-0.4, -0.2) is 22.3 Å². The van der Waals surface area contributed by atoms with Crippen LogP contribution in [0, 0.1) is 0 Å². The maximum absolute atomic E-state index is 14.1. The van der Waals surface area contributed by atoms with Gasteiger partial charge in [-0.25, -0.2) is 9.37 Å². The fraction of sp³-hybridized carbons (Fsp3) is 0.235. The Morgan fingerprint density at radius 1 is 1.04 bits per heavy atom. The third-order valence-corrected chi connectivity index (χ3v) is 4.43. The van der Waals surface area contributed by atoms with Crippen LogP contribution in [0.5, 0.6) is 5.88 Å². The fourth-order valence-corrected chi connectivity index (χ4v) is 2.94. The largest absolute Gasteiger partial charge is 0.481 e. The number of alkyl halides is 1. The molecule has 0 atom stereocenters. The molecular weight excluding hydrogens is 313 g/mol. The van der Waals surface area contributed by atoms with Crippen molar-refractivity contribution in [2.24, 2.45) is 0 Å². The van der Waals surface area contributed by atoms with Crippen LogP contribution in [0.4, 0.5) is 4.39 Å². The molecule has 3 rings (SSSR count). The van der Waals surface area contributed by atoms with E-state index >= 15 is 0 Å². The van der Waals surface area contributed by atoms with Crippen molar-refractivity contribution in [1.29, 1.82) is 0 Å². The maximum atomic E-state index is 14.1. The molecule has 4 nitrogen and oxygen atoms in total. The molecule has 0 fully saturated rings. The third-order valence-electron chi connectivity index (χ3n) is 3.41. The van der Waals surface area contributed by atoms with E-state index in [1.807, 2.05) is 24.3 Å². The second kappa shape index (κ2) is 6.04. The smallest absolute Gasteiger partial charge is 0.212 e. The highest BCUT2D eigenvalue weighted by molar-refractivity contribution is 7.17. The van der Waals surface area contributed by atoms with Gasteiger partial charge in [-0.2, -0.15) is 0 Å². The van der Waals surface area contributed by atoms with Gasteiger partial charge in [0.15, 0.2) is 0 Å². The SMILES string of the molecule is COc1ccc(-c2nnc(-c3cccc(C(C)(C)F)c3)s2)cn1. The lowest BCUT2D eigenvalue weighted by atomic mass is 9.98. The summed E-state index contributed by atoms with van der Waals surface area (Å²) in [6.07, 6.45) is 1.70. The van der Waals surface area contributed by atoms with Gasteiger partial charge < -0.3 is 4.74 Å². The van der Waals surface area contributed by atoms with Gasteiger partial charge in [0, 0.05) is 23.4 Å². The first-order valence-corrected chi connectivity index (χ1v) is 7.93. The molecule has 0 aliphatic rings. The summed E-state index contributed by atoms with van der Waals surface area (Å²) < 4.78 is 19.2. The van der Waals surface area contributed by atoms with Crippen LogP contribution in [-0.2, 0) is 5.67 Å². The fourth-order valence-electron chi connectivity index (χ4n) is 2.11. The molecule has 0 saturated heterocycles. The minimum absolute atomic E-state index is 0.552. The molecular formula is C17H16FN3OS. The Hall–Kier alpha value is -2.34. The van der Waals surface area contributed by atoms with Crippen LogP contribution in [0.2, 0.25) is 0 Å². The van der Waals surface area contributed by atoms with E-state index in [1.165, 1.54) is 11.3 Å². The van der Waals surface area contributed by atoms with E-state index in [0.29, 0.717) is 11.4 Å². The van der Waals surface area contributed by atoms with Crippen molar-refractivity contribution in [3.63, 3.8) is 0 Å². The number of rotatable bonds is 4. The highest BCUT2D eigenvalue weighted by atomic mass is 32.1. The first kappa shape index (κ1) is 15.6. The molecule has 6 heteroatoms. The predicted molar refractivity (Wildman–Crippen MR) is 89.3 cm³/mol. The van der Waals surface area contributed by atoms with Crippen LogP contribution in [0.3, 0.4) is 0 Å². The summed E-state index contributed by atoms with van der Waals surface area (Å²) in [4.78, 5) is 4.17. The lowest BCUT2D eigenvalue weighted by Crippen LogP contribution is -2.08. The maximum Gasteiger partial charge on any atom is 0.212 e. The number of nitrogens with zero attached hydrogens (tertiary/aromatic N) is 3. The van der Waals surface area contributed by atoms with Gasteiger partial charge in [-0.05, 0) is 31.5 Å². The topological polar surface area (TPSA) is 47.9 Å². The van der Waals surface area contributed by atoms with Crippen molar-refractivity contribution in [1.82, 2.24) is 15.2 Å². The number of methoxy groups -OCH3 is 1. The molecule has 0 radical (unpaired) electrons. The lowest BCUT2D eigenvalue weighted by molar-refractivity contribution is 0.221. The summed E-state index contributed by atoms with van der Waals surface area (Å²) in [5, 5.41) is 9.94. The number of hydrogen-bond donors (Lipinski definition) is 0. The van der Waals surface area contributed by atoms with Gasteiger partial charge >= 0.3 is 0 Å². The average molecular weight is 329 g/mol. The molecule has 0 aliphatic carbocycles. The van der Waals surface area contributed by atoms with E-state index in [1.54, 1.807) is 39.3 Å². The summed E-state index contributed by atoms with van der Waals surface area (Å²) in [5.74, 6) is 0.552. The van der Waals surface area contributed by atoms with Crippen molar-refractivity contribution in [2.75, 3.05) is 7.11 Å². The van der Waals surface area contributed by atoms with Crippen molar-refractivity contribution in [2.45, 2.75) is 19.5 Å². The van der Waals surface area contributed by atoms with Gasteiger partial charge in [-0.15, -0.1) is 10.2 Å². The summed E-state index contributed by atoms with van der Waals surface area (Å²) in [5.41, 5.74) is 0.969. The number of aromatic nitrogens is 3. The van der Waals surface area contributed by atoms with E-state index in [4.69, 9.17) is 4.74 Å². The van der Waals surface area contributed by atoms with Gasteiger partial charge in [-0.1, -0.05) is 29.5 Å². The normalized spacial score (nSPS) is 11.5. The van der Waals surface area contributed by atoms with Gasteiger partial charge in [-0.3, -0.25) is 0 Å². The number of ether oxygens (including phenoxy) is 1. The second-order valence-corrected chi connectivity index (χ2v) is 6.53. The van der Waals surface area contributed by atoms with Crippen molar-refractivity contribution in [3.8, 4) is 27.0 Å². The molecule has 0 amide bonds. The number of hydrogen-bond acceptors (Lipinski definition) is 5. The molecule has 2 aromatic heterocycles. The first-order chi connectivity index (χ1) is 11.0. The van der Waals surface area contributed by atoms with Crippen LogP contribution in [0.15, 0.2) is 42.6 Å². The van der Waals surface area contributed by atoms with Crippen LogP contribution in [0.25, 0.3) is 21.1 Å². The monoisotopic (exact) mass is 329 g/mol. The minimum Gasteiger partial charge on any atom is -0.481 e. The highest BCUT2D eigenvalue weighted by Gasteiger charge is 2.19. The summed E-state index contributed by atoms with van der Waals surface area (Å²) in [7, 11) is 1.57. The van der Waals surface area contributed by atoms with Crippen LogP contribution in [0.1, 0.15) is 19.4 Å². The Balaban J connectivity index is 1.92. The number of pyridine rings is 1. The summed E-state index contributed by atoms with van der Waals surface area (Å²) in [6.45, 7) is 3.08. The van der Waals surface area contributed by atoms with Crippen molar-refractivity contribution >= 4 is 11.3 Å². The van der Waals surface area contributed by atoms with Crippen LogP contribution < -0.4 is 4.74 Å². The molecule has 0 N–H and O–H groups in total. The molecule has 118 valence electrons. The molecule has 0 aliphatic heterocycles. The molecule has 23 heavy (non-hydrogen) atoms. The Labute approximate surface area is 138 Å². The average Bonchev–Trinajstić information content (AvgIpc) is 3.04. The molecule has 0 unspecified atom stereocenters. The van der Waals surface area contributed by atoms with Gasteiger partial charge in [0.05, 0.1) is 7.11 Å². The van der Waals surface area contributed by atoms with Gasteiger partial charge in [0.25, 0.3) is 0 Å². The summed E-state index contributed by atoms with van der Waals surface area (Å²) in [6, 6.07) is 11.0. The van der Waals surface area contributed by atoms with Crippen LogP contribution >= 0.6 is 11.3 Å². The van der Waals surface area contributed by atoms with E-state index in [0.717, 1.165) is 21.1 Å². The quantitative estimate of drug-likeness (QED) is 0.708. The Morgan fingerprint density at radius 3 is 2.39 bits per heavy atom. The molecule has 0 bridgehead atoms. The predicted octanol–water partition coefficient (Wildman–Crippen LogP) is 4.48. The van der Waals surface area contributed by atoms with E-state index in [9.17, 15) is 4.39 Å². The van der Waals surface area contributed by atoms with Crippen molar-refractivity contribution < 1.29 is 9.13 Å². The Kier molecular flexibility index (Phi) is 4.09. The standard InChI is InChI=1S/C17H16FN3OS/c1-17(2,18)13-6-4-5-11(9-13)15-20-21-16(23-15)12-7-8-14(22-3)19-10-12/h4-10H,1-3H3. The van der Waals surface area contributed by atoms with Crippen molar-refractivity contribution in [3.05, 3.63) is 48.2 Å². The highest BCUT2D eigenvalue weighted by Crippen LogP contribution is 2.33. The van der Waals surface area contributed by atoms with E-state index in [2.05, 4.69) is 15.2 Å². The molecule has 2 heterocycles. The van der Waals surface area contributed by atoms with E-state index < -0.39 is 5.67 Å². The molecule has 0 saturated carbocycles. The third kappa shape index (κ3) is 3.37. The minimum atomic E-state index is -1.39. The zero-order valence-corrected chi connectivity index (χ0v) is 13.9. The molecule has 3 aromatic rings. The summed E-state index contributed by atoms with van der Waals surface area (Å²) >= 11 is 1.45. The zero-order chi connectivity index (χ0) is 16.4. The molecule has 0 spiro atoms. The van der Waals surface area contributed by atoms with Gasteiger partial charge in [0.1, 0.15) is 15.7 Å². The lowest BCUT2D eigenvalue weighted by Gasteiger charge is -2.14. The number of benzene rings is 1.